The lowest BCUT2D eigenvalue weighted by Crippen LogP contribution is -2.51. The molecule has 5 aromatic rings. The molecule has 0 radical (unpaired) electrons. The van der Waals surface area contributed by atoms with Crippen LogP contribution in [0.15, 0.2) is 54.6 Å². The Morgan fingerprint density at radius 1 is 0.746 bits per heavy atom. The fraction of sp³-hybridized carbons (Fsp3) is 0.478. The highest BCUT2D eigenvalue weighted by Gasteiger charge is 2.41. The van der Waals surface area contributed by atoms with Gasteiger partial charge in [-0.2, -0.15) is 0 Å². The second kappa shape index (κ2) is 17.5. The van der Waals surface area contributed by atoms with Gasteiger partial charge in [-0.25, -0.2) is 28.3 Å². The van der Waals surface area contributed by atoms with Gasteiger partial charge in [-0.1, -0.05) is 39.8 Å². The zero-order valence-electron chi connectivity index (χ0n) is 36.4. The van der Waals surface area contributed by atoms with Crippen molar-refractivity contribution in [1.82, 2.24) is 40.0 Å². The maximum Gasteiger partial charge on any atom is 0.407 e. The van der Waals surface area contributed by atoms with Crippen molar-refractivity contribution in [2.75, 3.05) is 32.1 Å². The van der Waals surface area contributed by atoms with Crippen LogP contribution in [0.4, 0.5) is 24.1 Å². The summed E-state index contributed by atoms with van der Waals surface area (Å²) in [5, 5.41) is 12.4. The molecule has 3 saturated heterocycles. The maximum atomic E-state index is 15.0. The van der Waals surface area contributed by atoms with Crippen molar-refractivity contribution in [3.63, 3.8) is 0 Å². The average molecular weight is 868 g/mol. The Balaban J connectivity index is 1.08. The van der Waals surface area contributed by atoms with E-state index in [1.54, 1.807) is 15.9 Å². The number of anilines is 1. The minimum absolute atomic E-state index is 0.166. The van der Waals surface area contributed by atoms with Gasteiger partial charge in [-0.15, -0.1) is 0 Å². The number of methoxy groups -OCH3 is 1. The number of carbonyl (C=O) groups excluding carboxylic acids is 3. The van der Waals surface area contributed by atoms with Crippen LogP contribution in [0.2, 0.25) is 0 Å². The average Bonchev–Trinajstić information content (AvgIpc) is 4.11. The zero-order chi connectivity index (χ0) is 44.9. The molecule has 3 fully saturated rings. The van der Waals surface area contributed by atoms with Gasteiger partial charge in [0.05, 0.1) is 53.3 Å². The number of H-pyrrole nitrogens is 2. The van der Waals surface area contributed by atoms with Crippen molar-refractivity contribution >= 4 is 51.8 Å². The van der Waals surface area contributed by atoms with Gasteiger partial charge in [0, 0.05) is 31.9 Å². The second-order valence-electron chi connectivity index (χ2n) is 17.7. The molecule has 3 aliphatic heterocycles. The van der Waals surface area contributed by atoms with E-state index in [0.29, 0.717) is 61.6 Å². The number of fused-ring (bicyclic) bond motifs is 2. The third-order valence-corrected chi connectivity index (χ3v) is 13.1. The number of aromatic amines is 2. The van der Waals surface area contributed by atoms with Gasteiger partial charge < -0.3 is 39.8 Å². The largest absolute Gasteiger partial charge is 0.465 e. The van der Waals surface area contributed by atoms with Crippen LogP contribution < -0.4 is 10.2 Å². The van der Waals surface area contributed by atoms with Crippen molar-refractivity contribution in [2.45, 2.75) is 102 Å². The van der Waals surface area contributed by atoms with E-state index in [1.807, 2.05) is 64.1 Å². The molecule has 3 aliphatic rings. The molecule has 0 saturated carbocycles. The van der Waals surface area contributed by atoms with Crippen LogP contribution in [-0.2, 0) is 14.3 Å². The molecule has 63 heavy (non-hydrogen) atoms. The Morgan fingerprint density at radius 3 is 1.95 bits per heavy atom. The number of rotatable bonds is 11. The number of nitrogens with one attached hydrogen (secondary N) is 3. The lowest BCUT2D eigenvalue weighted by atomic mass is 10.0. The predicted molar refractivity (Wildman–Crippen MR) is 232 cm³/mol. The highest BCUT2D eigenvalue weighted by molar-refractivity contribution is 5.87. The van der Waals surface area contributed by atoms with Gasteiger partial charge in [0.1, 0.15) is 23.7 Å². The lowest BCUT2D eigenvalue weighted by molar-refractivity contribution is -0.138. The molecule has 334 valence electrons. The minimum atomic E-state index is -1.16. The first-order valence-corrected chi connectivity index (χ1v) is 21.8. The third kappa shape index (κ3) is 8.24. The SMILES string of the molecule is COC(=O)N[C@H](C(=O)N1CCC[C@H]1c1nc2ccc([C@H]3CC[C@H](c4ccc5[nH]c([C@@H]6CCCN6C(=O)[C@H](C(C)C)N(C)C(=O)O)nc5c4)N3c3ccc(F)c(F)c3)cc2[nH]1)C(C)C. The van der Waals surface area contributed by atoms with Crippen LogP contribution in [0.3, 0.4) is 0 Å². The van der Waals surface area contributed by atoms with Crippen molar-refractivity contribution in [3.8, 4) is 0 Å². The van der Waals surface area contributed by atoms with E-state index in [4.69, 9.17) is 14.7 Å². The van der Waals surface area contributed by atoms with Crippen LogP contribution in [0.5, 0.6) is 0 Å². The molecular formula is C46H55F2N9O6. The number of imidazole rings is 2. The summed E-state index contributed by atoms with van der Waals surface area (Å²) in [7, 11) is 2.69. The zero-order valence-corrected chi connectivity index (χ0v) is 36.4. The highest BCUT2D eigenvalue weighted by atomic mass is 19.2. The van der Waals surface area contributed by atoms with Crippen LogP contribution in [0.1, 0.15) is 113 Å². The summed E-state index contributed by atoms with van der Waals surface area (Å²) in [6, 6.07) is 13.3. The molecule has 0 spiro atoms. The van der Waals surface area contributed by atoms with Crippen molar-refractivity contribution in [1.29, 1.82) is 0 Å². The van der Waals surface area contributed by atoms with Crippen molar-refractivity contribution in [3.05, 3.63) is 89.0 Å². The number of hydrogen-bond donors (Lipinski definition) is 4. The monoisotopic (exact) mass is 867 g/mol. The number of likely N-dealkylation sites (tertiary alicyclic amines) is 2. The highest BCUT2D eigenvalue weighted by Crippen LogP contribution is 2.48. The third-order valence-electron chi connectivity index (χ3n) is 13.1. The number of ether oxygens (including phenoxy) is 1. The van der Waals surface area contributed by atoms with Gasteiger partial charge in [0.15, 0.2) is 11.6 Å². The molecule has 8 rings (SSSR count). The fourth-order valence-electron chi connectivity index (χ4n) is 9.99. The molecule has 0 unspecified atom stereocenters. The molecule has 0 aliphatic carbocycles. The van der Waals surface area contributed by atoms with E-state index in [1.165, 1.54) is 20.2 Å². The predicted octanol–water partition coefficient (Wildman–Crippen LogP) is 8.14. The summed E-state index contributed by atoms with van der Waals surface area (Å²) in [6.07, 6.45) is 2.50. The van der Waals surface area contributed by atoms with Crippen LogP contribution in [0, 0.1) is 23.5 Å². The molecular weight excluding hydrogens is 813 g/mol. The summed E-state index contributed by atoms with van der Waals surface area (Å²) < 4.78 is 34.2. The number of amides is 4. The molecule has 17 heteroatoms. The summed E-state index contributed by atoms with van der Waals surface area (Å²) >= 11 is 0. The molecule has 0 bridgehead atoms. The number of alkyl carbamates (subject to hydrolysis) is 1. The first-order valence-electron chi connectivity index (χ1n) is 21.8. The first-order chi connectivity index (χ1) is 30.1. The standard InChI is InChI=1S/C46H55F2N9O6/c1-24(2)39(53-45(60)63-6)43(58)55-19-7-9-37(55)41-49-31-15-11-26(21-33(31)51-41)35-17-18-36(57(35)28-13-14-29(47)30(48)23-28)27-12-16-32-34(22-27)52-42(50-32)38-10-8-20-56(38)44(59)40(25(3)4)54(5)46(61)62/h11-16,21-25,35-40H,7-10,17-20H2,1-6H3,(H,49,51)(H,50,52)(H,53,60)(H,61,62)/t35-,36-,37+,38+,39+,40+/m1/s1. The minimum Gasteiger partial charge on any atom is -0.465 e. The number of benzene rings is 3. The smallest absolute Gasteiger partial charge is 0.407 e. The topological polar surface area (TPSA) is 180 Å². The van der Waals surface area contributed by atoms with Gasteiger partial charge >= 0.3 is 12.2 Å². The van der Waals surface area contributed by atoms with E-state index in [-0.39, 0.29) is 47.8 Å². The van der Waals surface area contributed by atoms with E-state index in [0.717, 1.165) is 51.5 Å². The number of carbonyl (C=O) groups is 4. The number of hydrogen-bond acceptors (Lipinski definition) is 8. The van der Waals surface area contributed by atoms with E-state index in [9.17, 15) is 33.1 Å². The van der Waals surface area contributed by atoms with Gasteiger partial charge in [0.25, 0.3) is 0 Å². The van der Waals surface area contributed by atoms with Crippen LogP contribution >= 0.6 is 0 Å². The summed E-state index contributed by atoms with van der Waals surface area (Å²) in [5.41, 5.74) is 5.41. The summed E-state index contributed by atoms with van der Waals surface area (Å²) in [6.45, 7) is 8.45. The Kier molecular flexibility index (Phi) is 12.0. The Hall–Kier alpha value is -6.26. The molecule has 6 atom stereocenters. The molecule has 15 nitrogen and oxygen atoms in total. The fourth-order valence-corrected chi connectivity index (χ4v) is 9.99. The number of halogens is 2. The molecule has 5 heterocycles. The Morgan fingerprint density at radius 2 is 1.35 bits per heavy atom. The first kappa shape index (κ1) is 43.4. The van der Waals surface area contributed by atoms with Crippen LogP contribution in [0.25, 0.3) is 22.1 Å². The Labute approximate surface area is 364 Å². The van der Waals surface area contributed by atoms with E-state index < -0.39 is 35.9 Å². The number of carboxylic acid groups (broad SMARTS) is 1. The van der Waals surface area contributed by atoms with Gasteiger partial charge in [-0.05, 0) is 97.9 Å². The normalized spacial score (nSPS) is 21.2. The van der Waals surface area contributed by atoms with Crippen molar-refractivity contribution in [2.24, 2.45) is 11.8 Å². The molecule has 4 amide bonds. The quantitative estimate of drug-likeness (QED) is 0.102. The van der Waals surface area contributed by atoms with Gasteiger partial charge in [0.2, 0.25) is 11.8 Å². The van der Waals surface area contributed by atoms with Gasteiger partial charge in [-0.3, -0.25) is 14.5 Å². The summed E-state index contributed by atoms with van der Waals surface area (Å²) in [4.78, 5) is 75.2. The maximum absolute atomic E-state index is 15.0. The van der Waals surface area contributed by atoms with E-state index in [2.05, 4.69) is 20.2 Å². The Bertz CT molecular complexity index is 2540. The van der Waals surface area contributed by atoms with E-state index >= 15 is 0 Å². The number of likely N-dealkylation sites (N-methyl/N-ethyl adjacent to an activating group) is 1. The second-order valence-corrected chi connectivity index (χ2v) is 17.7. The molecule has 2 aromatic heterocycles. The number of nitrogens with zero attached hydrogens (tertiary/aromatic N) is 6. The molecule has 3 aromatic carbocycles. The number of aromatic nitrogens is 4. The molecule has 4 N–H and O–H groups in total. The van der Waals surface area contributed by atoms with Crippen molar-refractivity contribution < 1.29 is 37.8 Å². The summed E-state index contributed by atoms with van der Waals surface area (Å²) in [5.74, 6) is -1.43. The lowest BCUT2D eigenvalue weighted by Gasteiger charge is -2.33. The van der Waals surface area contributed by atoms with Crippen LogP contribution in [-0.4, -0.2) is 103 Å².